The first-order valence-electron chi connectivity index (χ1n) is 18.5. The van der Waals surface area contributed by atoms with Crippen molar-refractivity contribution in [3.05, 3.63) is 190 Å². The number of hydrogen-bond donors (Lipinski definition) is 0. The van der Waals surface area contributed by atoms with Gasteiger partial charge in [-0.3, -0.25) is 0 Å². The zero-order valence-electron chi connectivity index (χ0n) is 29.4. The minimum absolute atomic E-state index is 0.195. The fourth-order valence-corrected chi connectivity index (χ4v) is 11.5. The van der Waals surface area contributed by atoms with Crippen molar-refractivity contribution >= 4 is 21.5 Å². The second-order valence-corrected chi connectivity index (χ2v) is 16.3. The molecule has 1 spiro atoms. The first-order valence-corrected chi connectivity index (χ1v) is 18.5. The third-order valence-corrected chi connectivity index (χ3v) is 13.4. The van der Waals surface area contributed by atoms with Crippen LogP contribution in [-0.2, 0) is 16.2 Å². The highest BCUT2D eigenvalue weighted by atomic mass is 14.6. The Kier molecular flexibility index (Phi) is 4.92. The molecule has 0 radical (unpaired) electrons. The molecular weight excluding hydrogens is 613 g/mol. The van der Waals surface area contributed by atoms with E-state index in [4.69, 9.17) is 0 Å². The summed E-state index contributed by atoms with van der Waals surface area (Å²) in [6.07, 6.45) is 0. The van der Waals surface area contributed by atoms with Gasteiger partial charge in [0.15, 0.2) is 0 Å². The molecule has 0 atom stereocenters. The maximum atomic E-state index is 2.48. The Morgan fingerprint density at radius 3 is 1.16 bits per heavy atom. The summed E-state index contributed by atoms with van der Waals surface area (Å²) in [7, 11) is 0. The molecule has 0 bridgehead atoms. The molecule has 0 aliphatic heterocycles. The first-order chi connectivity index (χ1) is 24.8. The summed E-state index contributed by atoms with van der Waals surface area (Å²) in [6.45, 7) is 9.91. The SMILES string of the molecule is CC1(C)c2ccc3ccccc3c2-c2ccc3c(c21)C1(c2ccccc2-c2ccccc21)c1c-3ccc2c1C(C)(C)c1ccc3ccccc3c1-2. The quantitative estimate of drug-likeness (QED) is 0.153. The van der Waals surface area contributed by atoms with Gasteiger partial charge in [0, 0.05) is 10.8 Å². The van der Waals surface area contributed by atoms with Crippen LogP contribution >= 0.6 is 0 Å². The van der Waals surface area contributed by atoms with E-state index in [2.05, 4.69) is 173 Å². The lowest BCUT2D eigenvalue weighted by atomic mass is 9.63. The van der Waals surface area contributed by atoms with E-state index >= 15 is 0 Å². The third kappa shape index (κ3) is 3.01. The Bertz CT molecular complexity index is 2710. The number of benzene rings is 8. The normalized spacial score (nSPS) is 16.7. The van der Waals surface area contributed by atoms with Crippen LogP contribution < -0.4 is 0 Å². The van der Waals surface area contributed by atoms with E-state index in [0.717, 1.165) is 0 Å². The Hall–Kier alpha value is -5.72. The molecule has 0 N–H and O–H groups in total. The molecule has 0 aromatic heterocycles. The summed E-state index contributed by atoms with van der Waals surface area (Å²) in [6, 6.07) is 56.0. The molecule has 51 heavy (non-hydrogen) atoms. The van der Waals surface area contributed by atoms with Crippen LogP contribution in [0.15, 0.2) is 146 Å². The van der Waals surface area contributed by atoms with Crippen LogP contribution in [0.2, 0.25) is 0 Å². The van der Waals surface area contributed by atoms with Crippen molar-refractivity contribution < 1.29 is 0 Å². The standard InChI is InChI=1S/C51H36/c1-49(2)41-27-21-29-13-5-7-15-31(29)43(41)37-25-23-35-36-24-26-38-44-32-16-8-6-14-30(32)22-28-42(44)50(3,4)46(38)48(36)51(47(35)45(37)49)39-19-11-9-17-33(39)34-18-10-12-20-40(34)51/h5-28H,1-4H3. The van der Waals surface area contributed by atoms with Gasteiger partial charge in [0.05, 0.1) is 5.41 Å². The zero-order valence-corrected chi connectivity index (χ0v) is 29.4. The molecule has 8 aromatic rings. The van der Waals surface area contributed by atoms with Crippen LogP contribution in [0.1, 0.15) is 72.2 Å². The number of hydrogen-bond acceptors (Lipinski definition) is 0. The summed E-state index contributed by atoms with van der Waals surface area (Å²) in [4.78, 5) is 0. The Balaban J connectivity index is 1.30. The highest BCUT2D eigenvalue weighted by Crippen LogP contribution is 2.70. The third-order valence-electron chi connectivity index (χ3n) is 13.4. The van der Waals surface area contributed by atoms with Crippen molar-refractivity contribution in [3.63, 3.8) is 0 Å². The fraction of sp³-hybridized carbons (Fsp3) is 0.137. The molecule has 240 valence electrons. The Morgan fingerprint density at radius 2 is 0.686 bits per heavy atom. The van der Waals surface area contributed by atoms with E-state index in [1.54, 1.807) is 0 Å². The average molecular weight is 649 g/mol. The average Bonchev–Trinajstić information content (AvgIpc) is 3.79. The summed E-state index contributed by atoms with van der Waals surface area (Å²) in [5, 5.41) is 5.31. The van der Waals surface area contributed by atoms with Crippen molar-refractivity contribution in [1.29, 1.82) is 0 Å². The largest absolute Gasteiger partial charge is 0.0731 e. The van der Waals surface area contributed by atoms with E-state index in [1.807, 2.05) is 0 Å². The molecule has 0 heterocycles. The van der Waals surface area contributed by atoms with Gasteiger partial charge in [0.1, 0.15) is 0 Å². The van der Waals surface area contributed by atoms with Gasteiger partial charge in [-0.05, 0) is 111 Å². The molecule has 0 saturated carbocycles. The second-order valence-electron chi connectivity index (χ2n) is 16.3. The van der Waals surface area contributed by atoms with Gasteiger partial charge in [-0.15, -0.1) is 0 Å². The Morgan fingerprint density at radius 1 is 0.294 bits per heavy atom. The zero-order chi connectivity index (χ0) is 34.0. The molecule has 0 saturated heterocycles. The monoisotopic (exact) mass is 648 g/mol. The minimum Gasteiger partial charge on any atom is -0.0619 e. The molecule has 8 aromatic carbocycles. The van der Waals surface area contributed by atoms with E-state index in [-0.39, 0.29) is 10.8 Å². The fourth-order valence-electron chi connectivity index (χ4n) is 11.5. The highest BCUT2D eigenvalue weighted by molar-refractivity contribution is 6.09. The van der Waals surface area contributed by atoms with Crippen LogP contribution in [0.5, 0.6) is 0 Å². The molecule has 0 heteroatoms. The number of fused-ring (bicyclic) bond motifs is 22. The lowest BCUT2D eigenvalue weighted by Gasteiger charge is -2.38. The lowest BCUT2D eigenvalue weighted by Crippen LogP contribution is -2.33. The predicted octanol–water partition coefficient (Wildman–Crippen LogP) is 12.9. The second kappa shape index (κ2) is 8.95. The molecular formula is C51H36. The van der Waals surface area contributed by atoms with Crippen LogP contribution in [0, 0.1) is 0 Å². The van der Waals surface area contributed by atoms with Gasteiger partial charge < -0.3 is 0 Å². The smallest absolute Gasteiger partial charge is 0.0619 e. The van der Waals surface area contributed by atoms with Crippen molar-refractivity contribution in [2.75, 3.05) is 0 Å². The molecule has 0 unspecified atom stereocenters. The highest BCUT2D eigenvalue weighted by Gasteiger charge is 2.58. The summed E-state index contributed by atoms with van der Waals surface area (Å²) in [5.74, 6) is 0. The van der Waals surface area contributed by atoms with Crippen molar-refractivity contribution in [2.45, 2.75) is 43.9 Å². The summed E-state index contributed by atoms with van der Waals surface area (Å²) in [5.41, 5.74) is 21.9. The Labute approximate surface area is 299 Å². The molecule has 4 aliphatic carbocycles. The van der Waals surface area contributed by atoms with Crippen molar-refractivity contribution in [3.8, 4) is 44.5 Å². The van der Waals surface area contributed by atoms with Gasteiger partial charge >= 0.3 is 0 Å². The van der Waals surface area contributed by atoms with E-state index in [0.29, 0.717) is 0 Å². The van der Waals surface area contributed by atoms with Gasteiger partial charge in [-0.25, -0.2) is 0 Å². The summed E-state index contributed by atoms with van der Waals surface area (Å²) < 4.78 is 0. The van der Waals surface area contributed by atoms with Crippen molar-refractivity contribution in [1.82, 2.24) is 0 Å². The lowest BCUT2D eigenvalue weighted by molar-refractivity contribution is 0.619. The number of rotatable bonds is 0. The molecule has 0 amide bonds. The minimum atomic E-state index is -0.460. The van der Waals surface area contributed by atoms with Crippen molar-refractivity contribution in [2.24, 2.45) is 0 Å². The van der Waals surface area contributed by atoms with Gasteiger partial charge in [0.25, 0.3) is 0 Å². The molecule has 4 aliphatic rings. The summed E-state index contributed by atoms with van der Waals surface area (Å²) >= 11 is 0. The van der Waals surface area contributed by atoms with Crippen LogP contribution in [0.25, 0.3) is 66.1 Å². The van der Waals surface area contributed by atoms with E-state index in [9.17, 15) is 0 Å². The maximum absolute atomic E-state index is 2.48. The molecule has 0 nitrogen and oxygen atoms in total. The van der Waals surface area contributed by atoms with E-state index in [1.165, 1.54) is 111 Å². The van der Waals surface area contributed by atoms with Gasteiger partial charge in [-0.2, -0.15) is 0 Å². The van der Waals surface area contributed by atoms with Gasteiger partial charge in [-0.1, -0.05) is 173 Å². The molecule has 0 fully saturated rings. The van der Waals surface area contributed by atoms with E-state index < -0.39 is 5.41 Å². The topological polar surface area (TPSA) is 0 Å². The van der Waals surface area contributed by atoms with Crippen LogP contribution in [-0.4, -0.2) is 0 Å². The van der Waals surface area contributed by atoms with Crippen LogP contribution in [0.3, 0.4) is 0 Å². The molecule has 12 rings (SSSR count). The van der Waals surface area contributed by atoms with Gasteiger partial charge in [0.2, 0.25) is 0 Å². The predicted molar refractivity (Wildman–Crippen MR) is 213 cm³/mol. The van der Waals surface area contributed by atoms with Crippen LogP contribution in [0.4, 0.5) is 0 Å². The maximum Gasteiger partial charge on any atom is 0.0731 e. The first kappa shape index (κ1) is 28.0.